The summed E-state index contributed by atoms with van der Waals surface area (Å²) in [5.74, 6) is -6.50. The average Bonchev–Trinajstić information content (AvgIpc) is 2.19. The van der Waals surface area contributed by atoms with Crippen LogP contribution in [0.3, 0.4) is 0 Å². The number of oxime groups is 1. The summed E-state index contributed by atoms with van der Waals surface area (Å²) in [5.41, 5.74) is 5.02. The number of carbonyl (C=O) groups is 1. The molecule has 0 heterocycles. The summed E-state index contributed by atoms with van der Waals surface area (Å²) in [6.45, 7) is -0.461. The maximum atomic E-state index is 12.1. The van der Waals surface area contributed by atoms with Gasteiger partial charge in [0.25, 0.3) is 0 Å². The van der Waals surface area contributed by atoms with Gasteiger partial charge in [0, 0.05) is 13.0 Å². The molecule has 0 spiro atoms. The van der Waals surface area contributed by atoms with Crippen molar-refractivity contribution in [1.82, 2.24) is 5.32 Å². The zero-order valence-corrected chi connectivity index (χ0v) is 9.35. The molecule has 1 amide bonds. The maximum absolute atomic E-state index is 12.1. The Bertz CT molecular complexity index is 324. The van der Waals surface area contributed by atoms with Crippen LogP contribution in [0.1, 0.15) is 12.8 Å². The van der Waals surface area contributed by atoms with Gasteiger partial charge in [0.2, 0.25) is 11.8 Å². The minimum absolute atomic E-state index is 0.0654. The van der Waals surface area contributed by atoms with Crippen LogP contribution in [0.25, 0.3) is 0 Å². The number of nitrogens with zero attached hydrogens (tertiary/aromatic N) is 1. The number of hydrogen-bond donors (Lipinski definition) is 3. The van der Waals surface area contributed by atoms with Crippen LogP contribution in [-0.2, 0) is 4.79 Å². The van der Waals surface area contributed by atoms with Crippen molar-refractivity contribution < 1.29 is 36.3 Å². The molecular weight excluding hydrogens is 284 g/mol. The zero-order chi connectivity index (χ0) is 15.3. The first-order chi connectivity index (χ1) is 8.50. The van der Waals surface area contributed by atoms with Gasteiger partial charge in [-0.15, -0.1) is 0 Å². The third-order valence-electron chi connectivity index (χ3n) is 1.95. The fourth-order valence-corrected chi connectivity index (χ4v) is 1.12. The number of hydrogen-bond acceptors (Lipinski definition) is 3. The van der Waals surface area contributed by atoms with Crippen LogP contribution in [0, 0.1) is 5.92 Å². The van der Waals surface area contributed by atoms with Crippen LogP contribution >= 0.6 is 0 Å². The Kier molecular flexibility index (Phi) is 5.90. The highest BCUT2D eigenvalue weighted by Gasteiger charge is 2.60. The number of halogens is 6. The van der Waals surface area contributed by atoms with E-state index in [1.807, 2.05) is 0 Å². The second kappa shape index (κ2) is 6.48. The van der Waals surface area contributed by atoms with Gasteiger partial charge in [0.05, 0.1) is 0 Å². The highest BCUT2D eigenvalue weighted by atomic mass is 19.4. The van der Waals surface area contributed by atoms with E-state index in [0.717, 1.165) is 0 Å². The van der Waals surface area contributed by atoms with Crippen LogP contribution in [-0.4, -0.2) is 35.8 Å². The Morgan fingerprint density at radius 1 is 1.21 bits per heavy atom. The summed E-state index contributed by atoms with van der Waals surface area (Å²) in [6.07, 6.45) is -11.6. The molecule has 0 atom stereocenters. The summed E-state index contributed by atoms with van der Waals surface area (Å²) in [4.78, 5) is 10.9. The van der Waals surface area contributed by atoms with E-state index in [0.29, 0.717) is 0 Å². The number of nitrogens with one attached hydrogen (secondary N) is 1. The van der Waals surface area contributed by atoms with Crippen molar-refractivity contribution in [2.24, 2.45) is 16.8 Å². The van der Waals surface area contributed by atoms with E-state index in [9.17, 15) is 31.1 Å². The molecule has 5 nitrogen and oxygen atoms in total. The molecule has 11 heteroatoms. The third-order valence-corrected chi connectivity index (χ3v) is 1.95. The fourth-order valence-electron chi connectivity index (χ4n) is 1.12. The van der Waals surface area contributed by atoms with E-state index in [-0.39, 0.29) is 18.7 Å². The molecule has 0 aliphatic heterocycles. The molecule has 0 aliphatic carbocycles. The normalized spacial score (nSPS) is 13.7. The molecule has 0 saturated carbocycles. The summed E-state index contributed by atoms with van der Waals surface area (Å²) in [7, 11) is 0. The van der Waals surface area contributed by atoms with Gasteiger partial charge in [-0.2, -0.15) is 26.3 Å². The Hall–Kier alpha value is -1.68. The molecular formula is C8H11F6N3O2. The van der Waals surface area contributed by atoms with Crippen molar-refractivity contribution >= 4 is 11.7 Å². The van der Waals surface area contributed by atoms with Gasteiger partial charge < -0.3 is 16.3 Å². The molecule has 0 fully saturated rings. The van der Waals surface area contributed by atoms with Gasteiger partial charge in [-0.1, -0.05) is 5.16 Å². The fraction of sp³-hybridized carbons (Fsp3) is 0.750. The lowest BCUT2D eigenvalue weighted by atomic mass is 10.1. The van der Waals surface area contributed by atoms with Crippen molar-refractivity contribution in [3.05, 3.63) is 0 Å². The van der Waals surface area contributed by atoms with Crippen molar-refractivity contribution in [2.45, 2.75) is 25.2 Å². The molecule has 0 unspecified atom stereocenters. The van der Waals surface area contributed by atoms with E-state index < -0.39 is 30.7 Å². The molecule has 19 heavy (non-hydrogen) atoms. The topological polar surface area (TPSA) is 87.7 Å². The first-order valence-corrected chi connectivity index (χ1v) is 4.87. The largest absolute Gasteiger partial charge is 0.409 e. The number of carbonyl (C=O) groups excluding carboxylic acids is 1. The molecule has 0 aromatic rings. The Morgan fingerprint density at radius 2 is 1.68 bits per heavy atom. The van der Waals surface area contributed by atoms with E-state index >= 15 is 0 Å². The van der Waals surface area contributed by atoms with Crippen molar-refractivity contribution in [1.29, 1.82) is 0 Å². The maximum Gasteiger partial charge on any atom is 0.409 e. The minimum atomic E-state index is -5.71. The van der Waals surface area contributed by atoms with Gasteiger partial charge in [-0.25, -0.2) is 0 Å². The van der Waals surface area contributed by atoms with E-state index in [1.54, 1.807) is 0 Å². The average molecular weight is 295 g/mol. The molecule has 0 saturated heterocycles. The van der Waals surface area contributed by atoms with Crippen LogP contribution in [0.2, 0.25) is 0 Å². The molecule has 0 rings (SSSR count). The zero-order valence-electron chi connectivity index (χ0n) is 9.35. The molecule has 112 valence electrons. The molecule has 0 aromatic carbocycles. The van der Waals surface area contributed by atoms with Gasteiger partial charge in [0.15, 0.2) is 0 Å². The van der Waals surface area contributed by atoms with Crippen LogP contribution in [0.5, 0.6) is 0 Å². The Balaban J connectivity index is 4.45. The first-order valence-electron chi connectivity index (χ1n) is 4.87. The number of alkyl halides is 6. The summed E-state index contributed by atoms with van der Waals surface area (Å²) in [6, 6.07) is 0. The first kappa shape index (κ1) is 17.3. The smallest absolute Gasteiger partial charge is 0.409 e. The van der Waals surface area contributed by atoms with E-state index in [2.05, 4.69) is 5.16 Å². The molecule has 0 radical (unpaired) electrons. The van der Waals surface area contributed by atoms with Crippen molar-refractivity contribution in [3.63, 3.8) is 0 Å². The van der Waals surface area contributed by atoms with Crippen LogP contribution < -0.4 is 11.1 Å². The minimum Gasteiger partial charge on any atom is -0.409 e. The molecule has 0 bridgehead atoms. The van der Waals surface area contributed by atoms with Crippen LogP contribution in [0.15, 0.2) is 5.16 Å². The molecule has 0 aliphatic rings. The van der Waals surface area contributed by atoms with Gasteiger partial charge in [-0.05, 0) is 6.42 Å². The van der Waals surface area contributed by atoms with Gasteiger partial charge in [0.1, 0.15) is 5.84 Å². The monoisotopic (exact) mass is 295 g/mol. The quantitative estimate of drug-likeness (QED) is 0.179. The van der Waals surface area contributed by atoms with Gasteiger partial charge in [-0.3, -0.25) is 4.79 Å². The predicted molar refractivity (Wildman–Crippen MR) is 51.3 cm³/mol. The number of amidine groups is 1. The molecule has 0 aromatic heterocycles. The number of rotatable bonds is 5. The standard InChI is InChI=1S/C8H11F6N3O2/c9-7(10,11)5(8(12,13)14)6(18)16-3-1-2-4(15)17-19/h5,19H,1-3H2,(H2,15,17)(H,16,18). The lowest BCUT2D eigenvalue weighted by molar-refractivity contribution is -0.274. The van der Waals surface area contributed by atoms with Gasteiger partial charge >= 0.3 is 12.4 Å². The molecule has 4 N–H and O–H groups in total. The highest BCUT2D eigenvalue weighted by Crippen LogP contribution is 2.39. The van der Waals surface area contributed by atoms with E-state index in [4.69, 9.17) is 10.9 Å². The number of amides is 1. The third kappa shape index (κ3) is 6.15. The summed E-state index contributed by atoms with van der Waals surface area (Å²) >= 11 is 0. The Morgan fingerprint density at radius 3 is 2.05 bits per heavy atom. The lowest BCUT2D eigenvalue weighted by Crippen LogP contribution is -2.48. The number of nitrogens with two attached hydrogens (primary N) is 1. The predicted octanol–water partition coefficient (Wildman–Crippen LogP) is 1.37. The van der Waals surface area contributed by atoms with Crippen molar-refractivity contribution in [2.75, 3.05) is 6.54 Å². The summed E-state index contributed by atoms with van der Waals surface area (Å²) < 4.78 is 72.6. The SMILES string of the molecule is NC(CCCNC(=O)C(C(F)(F)F)C(F)(F)F)=NO. The van der Waals surface area contributed by atoms with Crippen molar-refractivity contribution in [3.8, 4) is 0 Å². The highest BCUT2D eigenvalue weighted by molar-refractivity contribution is 5.81. The lowest BCUT2D eigenvalue weighted by Gasteiger charge is -2.21. The second-order valence-electron chi connectivity index (χ2n) is 3.50. The second-order valence-corrected chi connectivity index (χ2v) is 3.50. The van der Waals surface area contributed by atoms with Crippen LogP contribution in [0.4, 0.5) is 26.3 Å². The Labute approximate surface area is 103 Å². The summed E-state index contributed by atoms with van der Waals surface area (Å²) in [5, 5.41) is 12.2. The van der Waals surface area contributed by atoms with E-state index in [1.165, 1.54) is 5.32 Å².